The van der Waals surface area contributed by atoms with Crippen LogP contribution >= 0.6 is 0 Å². The third-order valence-electron chi connectivity index (χ3n) is 4.92. The number of H-pyrrole nitrogens is 1. The Balaban J connectivity index is 1.64. The number of fused-ring (bicyclic) bond motifs is 1. The van der Waals surface area contributed by atoms with E-state index in [0.29, 0.717) is 18.5 Å². The number of anilines is 1. The molecule has 0 spiro atoms. The number of hydrogen-bond acceptors (Lipinski definition) is 5. The lowest BCUT2D eigenvalue weighted by molar-refractivity contribution is -0.129. The van der Waals surface area contributed by atoms with Crippen molar-refractivity contribution in [2.45, 2.75) is 31.7 Å². The van der Waals surface area contributed by atoms with Gasteiger partial charge in [-0.3, -0.25) is 4.79 Å². The second-order valence-corrected chi connectivity index (χ2v) is 6.49. The highest BCUT2D eigenvalue weighted by atomic mass is 16.2. The van der Waals surface area contributed by atoms with Crippen LogP contribution in [0.5, 0.6) is 0 Å². The Morgan fingerprint density at radius 2 is 2.25 bits per heavy atom. The maximum absolute atomic E-state index is 11.8. The second kappa shape index (κ2) is 6.87. The van der Waals surface area contributed by atoms with Gasteiger partial charge in [0.25, 0.3) is 0 Å². The maximum Gasteiger partial charge on any atom is 0.236 e. The highest BCUT2D eigenvalue weighted by Gasteiger charge is 2.30. The summed E-state index contributed by atoms with van der Waals surface area (Å²) in [5, 5.41) is 9.67. The minimum Gasteiger partial charge on any atom is -0.356 e. The molecule has 1 N–H and O–H groups in total. The smallest absolute Gasteiger partial charge is 0.236 e. The lowest BCUT2D eigenvalue weighted by atomic mass is 10.1. The molecule has 1 saturated carbocycles. The number of rotatable bonds is 5. The summed E-state index contributed by atoms with van der Waals surface area (Å²) < 4.78 is 0. The maximum atomic E-state index is 11.8. The van der Waals surface area contributed by atoms with Gasteiger partial charge in [-0.1, -0.05) is 0 Å². The Morgan fingerprint density at radius 3 is 3.04 bits per heavy atom. The molecule has 7 heteroatoms. The van der Waals surface area contributed by atoms with Crippen molar-refractivity contribution < 1.29 is 4.79 Å². The van der Waals surface area contributed by atoms with Gasteiger partial charge in [-0.15, -0.1) is 0 Å². The molecule has 0 aliphatic heterocycles. The first-order valence-electron chi connectivity index (χ1n) is 8.22. The molecule has 24 heavy (non-hydrogen) atoms. The summed E-state index contributed by atoms with van der Waals surface area (Å²) in [5.74, 6) is 1.31. The standard InChI is InChI=1S/C17H22N6O/c1-22(15(24)5-7-18)10-12-3-4-13(9-12)23(2)17-14-6-8-19-16(14)20-11-21-17/h6,8,11-13H,3-5,9-10H2,1-2H3,(H,19,20,21). The molecule has 2 aromatic rings. The zero-order valence-electron chi connectivity index (χ0n) is 14.1. The highest BCUT2D eigenvalue weighted by Crippen LogP contribution is 2.33. The molecule has 1 aliphatic carbocycles. The third kappa shape index (κ3) is 3.18. The Hall–Kier alpha value is -2.62. The van der Waals surface area contributed by atoms with E-state index in [1.54, 1.807) is 18.3 Å². The first-order chi connectivity index (χ1) is 11.6. The van der Waals surface area contributed by atoms with Crippen LogP contribution in [0.1, 0.15) is 25.7 Å². The lowest BCUT2D eigenvalue weighted by Gasteiger charge is -2.27. The van der Waals surface area contributed by atoms with Crippen molar-refractivity contribution in [2.24, 2.45) is 5.92 Å². The van der Waals surface area contributed by atoms with Gasteiger partial charge in [-0.05, 0) is 31.2 Å². The summed E-state index contributed by atoms with van der Waals surface area (Å²) in [5.41, 5.74) is 0.850. The second-order valence-electron chi connectivity index (χ2n) is 6.49. The van der Waals surface area contributed by atoms with E-state index in [0.717, 1.165) is 36.1 Å². The van der Waals surface area contributed by atoms with Crippen molar-refractivity contribution >= 4 is 22.8 Å². The van der Waals surface area contributed by atoms with Crippen molar-refractivity contribution in [3.8, 4) is 6.07 Å². The molecule has 1 aliphatic rings. The zero-order valence-corrected chi connectivity index (χ0v) is 14.1. The minimum absolute atomic E-state index is 0.0427. The number of nitrogens with one attached hydrogen (secondary N) is 1. The Bertz CT molecular complexity index is 764. The number of amides is 1. The lowest BCUT2D eigenvalue weighted by Crippen LogP contribution is -2.33. The van der Waals surface area contributed by atoms with Crippen LogP contribution in [0.15, 0.2) is 18.6 Å². The summed E-state index contributed by atoms with van der Waals surface area (Å²) >= 11 is 0. The summed E-state index contributed by atoms with van der Waals surface area (Å²) in [6.45, 7) is 0.716. The van der Waals surface area contributed by atoms with Gasteiger partial charge in [-0.2, -0.15) is 5.26 Å². The Morgan fingerprint density at radius 1 is 1.42 bits per heavy atom. The number of hydrogen-bond donors (Lipinski definition) is 1. The normalized spacial score (nSPS) is 20.0. The molecule has 2 atom stereocenters. The van der Waals surface area contributed by atoms with Crippen LogP contribution in [0.2, 0.25) is 0 Å². The topological polar surface area (TPSA) is 88.9 Å². The van der Waals surface area contributed by atoms with E-state index in [1.807, 2.05) is 18.3 Å². The molecule has 126 valence electrons. The van der Waals surface area contributed by atoms with E-state index in [1.165, 1.54) is 0 Å². The monoisotopic (exact) mass is 326 g/mol. The number of carbonyl (C=O) groups is 1. The van der Waals surface area contributed by atoms with Crippen LogP contribution < -0.4 is 4.90 Å². The fourth-order valence-electron chi connectivity index (χ4n) is 3.57. The Labute approximate surface area is 141 Å². The number of aromatic amines is 1. The molecule has 1 amide bonds. The van der Waals surface area contributed by atoms with Gasteiger partial charge in [0.1, 0.15) is 24.2 Å². The van der Waals surface area contributed by atoms with Gasteiger partial charge >= 0.3 is 0 Å². The molecule has 7 nitrogen and oxygen atoms in total. The van der Waals surface area contributed by atoms with Crippen LogP contribution in [0, 0.1) is 17.2 Å². The van der Waals surface area contributed by atoms with Crippen LogP contribution in [0.4, 0.5) is 5.82 Å². The molecule has 1 fully saturated rings. The zero-order chi connectivity index (χ0) is 17.1. The fraction of sp³-hybridized carbons (Fsp3) is 0.529. The molecule has 3 rings (SSSR count). The molecule has 2 unspecified atom stereocenters. The van der Waals surface area contributed by atoms with Gasteiger partial charge in [-0.25, -0.2) is 9.97 Å². The number of nitriles is 1. The molecule has 0 aromatic carbocycles. The van der Waals surface area contributed by atoms with E-state index in [-0.39, 0.29) is 12.3 Å². The van der Waals surface area contributed by atoms with E-state index in [4.69, 9.17) is 5.26 Å². The van der Waals surface area contributed by atoms with Gasteiger partial charge < -0.3 is 14.8 Å². The first-order valence-corrected chi connectivity index (χ1v) is 8.22. The van der Waals surface area contributed by atoms with Crippen LogP contribution in [0.25, 0.3) is 11.0 Å². The molecule has 0 saturated heterocycles. The predicted octanol–water partition coefficient (Wildman–Crippen LogP) is 1.93. The molecular formula is C17H22N6O. The van der Waals surface area contributed by atoms with Crippen LogP contribution in [0.3, 0.4) is 0 Å². The van der Waals surface area contributed by atoms with E-state index < -0.39 is 0 Å². The highest BCUT2D eigenvalue weighted by molar-refractivity contribution is 5.87. The first kappa shape index (κ1) is 16.2. The van der Waals surface area contributed by atoms with Crippen molar-refractivity contribution in [1.82, 2.24) is 19.9 Å². The third-order valence-corrected chi connectivity index (χ3v) is 4.92. The SMILES string of the molecule is CN(CC1CCC(N(C)c2ncnc3[nH]ccc23)C1)C(=O)CC#N. The number of nitrogens with zero attached hydrogens (tertiary/aromatic N) is 5. The average Bonchev–Trinajstić information content (AvgIpc) is 3.22. The summed E-state index contributed by atoms with van der Waals surface area (Å²) in [4.78, 5) is 27.5. The molecular weight excluding hydrogens is 304 g/mol. The van der Waals surface area contributed by atoms with Gasteiger partial charge in [0.05, 0.1) is 11.5 Å². The van der Waals surface area contributed by atoms with Gasteiger partial charge in [0, 0.05) is 32.9 Å². The number of carbonyl (C=O) groups excluding carboxylic acids is 1. The van der Waals surface area contributed by atoms with E-state index >= 15 is 0 Å². The van der Waals surface area contributed by atoms with Crippen molar-refractivity contribution in [1.29, 1.82) is 5.26 Å². The summed E-state index contributed by atoms with van der Waals surface area (Å²) in [6.07, 6.45) is 6.61. The van der Waals surface area contributed by atoms with Gasteiger partial charge in [0.2, 0.25) is 5.91 Å². The quantitative estimate of drug-likeness (QED) is 0.907. The van der Waals surface area contributed by atoms with E-state index in [9.17, 15) is 4.79 Å². The average molecular weight is 326 g/mol. The largest absolute Gasteiger partial charge is 0.356 e. The Kier molecular flexibility index (Phi) is 4.65. The summed E-state index contributed by atoms with van der Waals surface area (Å²) in [6, 6.07) is 4.33. The van der Waals surface area contributed by atoms with Crippen molar-refractivity contribution in [3.63, 3.8) is 0 Å². The molecule has 0 radical (unpaired) electrons. The number of aromatic nitrogens is 3. The fourth-order valence-corrected chi connectivity index (χ4v) is 3.57. The molecule has 0 bridgehead atoms. The van der Waals surface area contributed by atoms with E-state index in [2.05, 4.69) is 26.9 Å². The van der Waals surface area contributed by atoms with Crippen LogP contribution in [-0.4, -0.2) is 52.4 Å². The summed E-state index contributed by atoms with van der Waals surface area (Å²) in [7, 11) is 3.86. The van der Waals surface area contributed by atoms with Gasteiger partial charge in [0.15, 0.2) is 0 Å². The van der Waals surface area contributed by atoms with Crippen LogP contribution in [-0.2, 0) is 4.79 Å². The predicted molar refractivity (Wildman–Crippen MR) is 91.3 cm³/mol. The molecule has 2 heterocycles. The molecule has 2 aromatic heterocycles. The minimum atomic E-state index is -0.0980. The van der Waals surface area contributed by atoms with Crippen molar-refractivity contribution in [2.75, 3.05) is 25.5 Å². The van der Waals surface area contributed by atoms with Crippen molar-refractivity contribution in [3.05, 3.63) is 18.6 Å².